The molecule has 1 aliphatic heterocycles. The first-order valence-corrected chi connectivity index (χ1v) is 6.94. The summed E-state index contributed by atoms with van der Waals surface area (Å²) in [5, 5.41) is 0. The number of carbonyl (C=O) groups is 1. The number of rotatable bonds is 3. The quantitative estimate of drug-likeness (QED) is 0.824. The molecule has 0 aromatic carbocycles. The zero-order chi connectivity index (χ0) is 13.1. The molecule has 1 aliphatic rings. The van der Waals surface area contributed by atoms with Gasteiger partial charge in [-0.15, -0.1) is 0 Å². The fourth-order valence-electron chi connectivity index (χ4n) is 2.47. The monoisotopic (exact) mass is 240 g/mol. The second-order valence-electron chi connectivity index (χ2n) is 6.31. The predicted molar refractivity (Wildman–Crippen MR) is 71.7 cm³/mol. The summed E-state index contributed by atoms with van der Waals surface area (Å²) in [6.45, 7) is 9.19. The molecule has 1 fully saturated rings. The number of carbonyl (C=O) groups excluding carboxylic acids is 1. The van der Waals surface area contributed by atoms with Gasteiger partial charge in [0.2, 0.25) is 5.91 Å². The molecule has 1 amide bonds. The Morgan fingerprint density at radius 2 is 2.06 bits per heavy atom. The van der Waals surface area contributed by atoms with Crippen molar-refractivity contribution in [2.75, 3.05) is 6.54 Å². The molecule has 2 N–H and O–H groups in total. The molecule has 0 aliphatic carbocycles. The van der Waals surface area contributed by atoms with Gasteiger partial charge in [0.15, 0.2) is 0 Å². The van der Waals surface area contributed by atoms with Crippen molar-refractivity contribution in [1.82, 2.24) is 4.90 Å². The number of hydrogen-bond acceptors (Lipinski definition) is 2. The molecular weight excluding hydrogens is 212 g/mol. The molecule has 17 heavy (non-hydrogen) atoms. The highest BCUT2D eigenvalue weighted by Gasteiger charge is 2.34. The summed E-state index contributed by atoms with van der Waals surface area (Å²) in [6.07, 6.45) is 5.78. The average molecular weight is 240 g/mol. The van der Waals surface area contributed by atoms with Gasteiger partial charge in [-0.1, -0.05) is 34.1 Å². The molecule has 1 unspecified atom stereocenters. The summed E-state index contributed by atoms with van der Waals surface area (Å²) in [4.78, 5) is 14.5. The van der Waals surface area contributed by atoms with Gasteiger partial charge >= 0.3 is 0 Å². The zero-order valence-electron chi connectivity index (χ0n) is 11.8. The molecule has 1 saturated heterocycles. The van der Waals surface area contributed by atoms with Gasteiger partial charge in [0, 0.05) is 12.6 Å². The minimum atomic E-state index is -0.375. The van der Waals surface area contributed by atoms with E-state index in [0.29, 0.717) is 6.04 Å². The van der Waals surface area contributed by atoms with Crippen LogP contribution in [0.5, 0.6) is 0 Å². The van der Waals surface area contributed by atoms with E-state index in [4.69, 9.17) is 5.73 Å². The van der Waals surface area contributed by atoms with Gasteiger partial charge in [-0.2, -0.15) is 0 Å². The van der Waals surface area contributed by atoms with Gasteiger partial charge in [0.25, 0.3) is 0 Å². The second-order valence-corrected chi connectivity index (χ2v) is 6.31. The molecule has 3 heteroatoms. The molecule has 1 heterocycles. The molecule has 0 bridgehead atoms. The summed E-state index contributed by atoms with van der Waals surface area (Å²) in [5.41, 5.74) is 5.94. The largest absolute Gasteiger partial charge is 0.338 e. The second kappa shape index (κ2) is 5.85. The molecule has 0 radical (unpaired) electrons. The van der Waals surface area contributed by atoms with Gasteiger partial charge in [0.1, 0.15) is 0 Å². The Hall–Kier alpha value is -0.570. The van der Waals surface area contributed by atoms with Crippen LogP contribution in [0.3, 0.4) is 0 Å². The van der Waals surface area contributed by atoms with Crippen LogP contribution >= 0.6 is 0 Å². The van der Waals surface area contributed by atoms with Crippen molar-refractivity contribution in [3.05, 3.63) is 0 Å². The van der Waals surface area contributed by atoms with Crippen LogP contribution in [0.4, 0.5) is 0 Å². The maximum Gasteiger partial charge on any atom is 0.240 e. The Bertz CT molecular complexity index is 255. The number of likely N-dealkylation sites (tertiary alicyclic amines) is 1. The summed E-state index contributed by atoms with van der Waals surface area (Å²) >= 11 is 0. The lowest BCUT2D eigenvalue weighted by molar-refractivity contribution is -0.138. The lowest BCUT2D eigenvalue weighted by Crippen LogP contribution is -2.54. The Morgan fingerprint density at radius 3 is 2.59 bits per heavy atom. The van der Waals surface area contributed by atoms with E-state index >= 15 is 0 Å². The van der Waals surface area contributed by atoms with Crippen molar-refractivity contribution in [2.45, 2.75) is 71.9 Å². The minimum Gasteiger partial charge on any atom is -0.338 e. The van der Waals surface area contributed by atoms with E-state index in [1.54, 1.807) is 0 Å². The first kappa shape index (κ1) is 14.5. The van der Waals surface area contributed by atoms with E-state index in [1.807, 2.05) is 25.7 Å². The fourth-order valence-corrected chi connectivity index (χ4v) is 2.47. The maximum atomic E-state index is 12.4. The van der Waals surface area contributed by atoms with Gasteiger partial charge in [-0.05, 0) is 31.1 Å². The fraction of sp³-hybridized carbons (Fsp3) is 0.929. The normalized spacial score (nSPS) is 23.6. The van der Waals surface area contributed by atoms with Crippen molar-refractivity contribution in [1.29, 1.82) is 0 Å². The summed E-state index contributed by atoms with van der Waals surface area (Å²) < 4.78 is 0. The summed E-state index contributed by atoms with van der Waals surface area (Å²) in [5.74, 6) is 0.149. The lowest BCUT2D eigenvalue weighted by Gasteiger charge is -2.39. The van der Waals surface area contributed by atoms with Crippen molar-refractivity contribution in [3.8, 4) is 0 Å². The van der Waals surface area contributed by atoms with E-state index in [0.717, 1.165) is 32.2 Å². The number of nitrogens with two attached hydrogens (primary N) is 1. The predicted octanol–water partition coefficient (Wildman–Crippen LogP) is 2.54. The average Bonchev–Trinajstić information content (AvgIpc) is 2.27. The minimum absolute atomic E-state index is 0.148. The van der Waals surface area contributed by atoms with E-state index in [2.05, 4.69) is 6.92 Å². The highest BCUT2D eigenvalue weighted by molar-refractivity contribution is 5.82. The highest BCUT2D eigenvalue weighted by atomic mass is 16.2. The molecule has 2 atom stereocenters. The van der Waals surface area contributed by atoms with Crippen LogP contribution < -0.4 is 5.73 Å². The first-order chi connectivity index (χ1) is 7.88. The Kier molecular flexibility index (Phi) is 4.99. The number of piperidine rings is 1. The summed E-state index contributed by atoms with van der Waals surface area (Å²) in [7, 11) is 0. The first-order valence-electron chi connectivity index (χ1n) is 6.94. The maximum absolute atomic E-state index is 12.4. The van der Waals surface area contributed by atoms with Crippen LogP contribution in [0.25, 0.3) is 0 Å². The molecule has 0 aromatic rings. The van der Waals surface area contributed by atoms with E-state index in [9.17, 15) is 4.79 Å². The number of nitrogens with zero attached hydrogens (tertiary/aromatic N) is 1. The van der Waals surface area contributed by atoms with E-state index in [1.165, 1.54) is 6.42 Å². The molecule has 1 rings (SSSR count). The van der Waals surface area contributed by atoms with Crippen LogP contribution in [0, 0.1) is 5.41 Å². The Morgan fingerprint density at radius 1 is 1.41 bits per heavy atom. The molecule has 0 spiro atoms. The number of amides is 1. The third-order valence-corrected chi connectivity index (χ3v) is 3.73. The highest BCUT2D eigenvalue weighted by Crippen LogP contribution is 2.25. The van der Waals surface area contributed by atoms with Crippen LogP contribution in [0.1, 0.15) is 59.8 Å². The van der Waals surface area contributed by atoms with E-state index < -0.39 is 0 Å². The van der Waals surface area contributed by atoms with Gasteiger partial charge in [-0.3, -0.25) is 4.79 Å². The lowest BCUT2D eigenvalue weighted by atomic mass is 9.85. The zero-order valence-corrected chi connectivity index (χ0v) is 11.8. The standard InChI is InChI=1S/C14H28N2O/c1-5-8-11-9-6-7-10-16(11)13(17)12(15)14(2,3)4/h11-12H,5-10,15H2,1-4H3/t11?,12-/m1/s1. The summed E-state index contributed by atoms with van der Waals surface area (Å²) in [6, 6.07) is 0.0506. The van der Waals surface area contributed by atoms with Gasteiger partial charge in [-0.25, -0.2) is 0 Å². The Labute approximate surface area is 106 Å². The van der Waals surface area contributed by atoms with Crippen molar-refractivity contribution in [3.63, 3.8) is 0 Å². The third-order valence-electron chi connectivity index (χ3n) is 3.73. The van der Waals surface area contributed by atoms with E-state index in [-0.39, 0.29) is 17.4 Å². The van der Waals surface area contributed by atoms with Crippen LogP contribution in [0.2, 0.25) is 0 Å². The van der Waals surface area contributed by atoms with Crippen LogP contribution in [-0.2, 0) is 4.79 Å². The smallest absolute Gasteiger partial charge is 0.240 e. The topological polar surface area (TPSA) is 46.3 Å². The van der Waals surface area contributed by atoms with Crippen LogP contribution in [-0.4, -0.2) is 29.4 Å². The van der Waals surface area contributed by atoms with Gasteiger partial charge in [0.05, 0.1) is 6.04 Å². The molecule has 100 valence electrons. The number of hydrogen-bond donors (Lipinski definition) is 1. The SMILES string of the molecule is CCCC1CCCCN1C(=O)[C@@H](N)C(C)(C)C. The van der Waals surface area contributed by atoms with Gasteiger partial charge < -0.3 is 10.6 Å². The molecule has 0 saturated carbocycles. The molecule has 0 aromatic heterocycles. The van der Waals surface area contributed by atoms with Crippen molar-refractivity contribution < 1.29 is 4.79 Å². The van der Waals surface area contributed by atoms with Crippen molar-refractivity contribution >= 4 is 5.91 Å². The van der Waals surface area contributed by atoms with Crippen LogP contribution in [0.15, 0.2) is 0 Å². The molecule has 3 nitrogen and oxygen atoms in total. The Balaban J connectivity index is 2.71. The third kappa shape index (κ3) is 3.70. The molecular formula is C14H28N2O. The van der Waals surface area contributed by atoms with Crippen molar-refractivity contribution in [2.24, 2.45) is 11.1 Å².